The summed E-state index contributed by atoms with van der Waals surface area (Å²) in [7, 11) is 1.79. The van der Waals surface area contributed by atoms with Crippen LogP contribution in [-0.2, 0) is 11.2 Å². The van der Waals surface area contributed by atoms with Gasteiger partial charge < -0.3 is 15.4 Å². The molecular weight excluding hydrogens is 419 g/mol. The molecule has 3 rings (SSSR count). The highest BCUT2D eigenvalue weighted by Crippen LogP contribution is 2.10. The Bertz CT molecular complexity index is 653. The predicted molar refractivity (Wildman–Crippen MR) is 105 cm³/mol. The molecule has 24 heavy (non-hydrogen) atoms. The molecule has 0 spiro atoms. The van der Waals surface area contributed by atoms with Gasteiger partial charge in [0.1, 0.15) is 5.82 Å². The molecule has 1 atom stereocenters. The number of nitrogens with zero attached hydrogens (tertiary/aromatic N) is 4. The van der Waals surface area contributed by atoms with Crippen LogP contribution >= 0.6 is 24.0 Å². The Morgan fingerprint density at radius 2 is 2.29 bits per heavy atom. The van der Waals surface area contributed by atoms with Crippen molar-refractivity contribution in [3.8, 4) is 0 Å². The van der Waals surface area contributed by atoms with Gasteiger partial charge in [0.2, 0.25) is 0 Å². The van der Waals surface area contributed by atoms with Crippen molar-refractivity contribution < 1.29 is 4.74 Å². The highest BCUT2D eigenvalue weighted by atomic mass is 127. The smallest absolute Gasteiger partial charge is 0.191 e. The van der Waals surface area contributed by atoms with E-state index >= 15 is 0 Å². The maximum atomic E-state index is 5.60. The van der Waals surface area contributed by atoms with Gasteiger partial charge >= 0.3 is 0 Å². The van der Waals surface area contributed by atoms with E-state index < -0.39 is 0 Å². The number of aromatic nitrogens is 3. The molecule has 3 heterocycles. The summed E-state index contributed by atoms with van der Waals surface area (Å²) in [5.41, 5.74) is 0.893. The lowest BCUT2D eigenvalue weighted by Gasteiger charge is -2.14. The standard InChI is InChI=1S/C16H24N6O.HI/c1-17-16(19-12-13-6-5-11-23-13)18-9-4-8-15-21-20-14-7-2-3-10-22(14)15;/h2-3,7,10,13H,4-6,8-9,11-12H2,1H3,(H2,17,18,19);1H. The van der Waals surface area contributed by atoms with E-state index in [9.17, 15) is 0 Å². The van der Waals surface area contributed by atoms with Crippen LogP contribution in [0.2, 0.25) is 0 Å². The lowest BCUT2D eigenvalue weighted by molar-refractivity contribution is 0.114. The van der Waals surface area contributed by atoms with Gasteiger partial charge in [-0.1, -0.05) is 6.07 Å². The molecule has 2 N–H and O–H groups in total. The van der Waals surface area contributed by atoms with Gasteiger partial charge in [-0.05, 0) is 31.4 Å². The average molecular weight is 444 g/mol. The molecular formula is C16H25IN6O. The fourth-order valence-corrected chi connectivity index (χ4v) is 2.75. The van der Waals surface area contributed by atoms with Crippen molar-refractivity contribution in [2.75, 3.05) is 26.7 Å². The summed E-state index contributed by atoms with van der Waals surface area (Å²) >= 11 is 0. The van der Waals surface area contributed by atoms with Crippen molar-refractivity contribution in [3.05, 3.63) is 30.2 Å². The fraction of sp³-hybridized carbons (Fsp3) is 0.562. The van der Waals surface area contributed by atoms with Gasteiger partial charge in [-0.15, -0.1) is 34.2 Å². The number of aliphatic imine (C=N–C) groups is 1. The number of guanidine groups is 1. The van der Waals surface area contributed by atoms with Gasteiger partial charge in [0, 0.05) is 39.4 Å². The monoisotopic (exact) mass is 444 g/mol. The molecule has 2 aromatic rings. The number of fused-ring (bicyclic) bond motifs is 1. The molecule has 7 nitrogen and oxygen atoms in total. The number of hydrogen-bond donors (Lipinski definition) is 2. The summed E-state index contributed by atoms with van der Waals surface area (Å²) in [4.78, 5) is 4.24. The van der Waals surface area contributed by atoms with Crippen molar-refractivity contribution in [1.82, 2.24) is 25.2 Å². The Hall–Kier alpha value is -1.42. The molecule has 0 aliphatic carbocycles. The number of hydrogen-bond acceptors (Lipinski definition) is 4. The Kier molecular flexibility index (Phi) is 7.70. The first kappa shape index (κ1) is 18.9. The number of nitrogens with one attached hydrogen (secondary N) is 2. The third-order valence-corrected chi connectivity index (χ3v) is 4.00. The maximum absolute atomic E-state index is 5.60. The Labute approximate surface area is 159 Å². The van der Waals surface area contributed by atoms with E-state index in [2.05, 4.69) is 25.8 Å². The summed E-state index contributed by atoms with van der Waals surface area (Å²) in [5.74, 6) is 1.82. The minimum atomic E-state index is 0. The second-order valence-electron chi connectivity index (χ2n) is 5.66. The van der Waals surface area contributed by atoms with Gasteiger partial charge in [0.05, 0.1) is 6.10 Å². The molecule has 1 aliphatic heterocycles. The van der Waals surface area contributed by atoms with Crippen molar-refractivity contribution >= 4 is 35.6 Å². The molecule has 1 aliphatic rings. The van der Waals surface area contributed by atoms with Crippen molar-refractivity contribution in [1.29, 1.82) is 0 Å². The molecule has 0 radical (unpaired) electrons. The van der Waals surface area contributed by atoms with E-state index in [1.165, 1.54) is 0 Å². The second-order valence-corrected chi connectivity index (χ2v) is 5.66. The van der Waals surface area contributed by atoms with Crippen LogP contribution < -0.4 is 10.6 Å². The maximum Gasteiger partial charge on any atom is 0.191 e. The molecule has 1 unspecified atom stereocenters. The largest absolute Gasteiger partial charge is 0.376 e. The summed E-state index contributed by atoms with van der Waals surface area (Å²) < 4.78 is 7.63. The number of pyridine rings is 1. The first-order valence-corrected chi connectivity index (χ1v) is 8.21. The van der Waals surface area contributed by atoms with Crippen LogP contribution in [0.3, 0.4) is 0 Å². The molecule has 1 saturated heterocycles. The van der Waals surface area contributed by atoms with E-state index in [-0.39, 0.29) is 24.0 Å². The van der Waals surface area contributed by atoms with Gasteiger partial charge in [-0.25, -0.2) is 0 Å². The normalized spacial score (nSPS) is 17.7. The minimum absolute atomic E-state index is 0. The Morgan fingerprint density at radius 1 is 1.38 bits per heavy atom. The van der Waals surface area contributed by atoms with Crippen LogP contribution in [0.4, 0.5) is 0 Å². The third-order valence-electron chi connectivity index (χ3n) is 4.00. The van der Waals surface area contributed by atoms with Crippen LogP contribution in [0, 0.1) is 0 Å². The topological polar surface area (TPSA) is 75.8 Å². The molecule has 8 heteroatoms. The second kappa shape index (κ2) is 9.77. The first-order chi connectivity index (χ1) is 11.4. The number of halogens is 1. The zero-order chi connectivity index (χ0) is 15.9. The lowest BCUT2D eigenvalue weighted by Crippen LogP contribution is -2.41. The average Bonchev–Trinajstić information content (AvgIpc) is 3.24. The van der Waals surface area contributed by atoms with Gasteiger partial charge in [-0.3, -0.25) is 9.39 Å². The summed E-state index contributed by atoms with van der Waals surface area (Å²) in [6.45, 7) is 2.53. The quantitative estimate of drug-likeness (QED) is 0.307. The number of ether oxygens (including phenoxy) is 1. The Balaban J connectivity index is 0.00000208. The highest BCUT2D eigenvalue weighted by Gasteiger charge is 2.15. The molecule has 0 amide bonds. The van der Waals surface area contributed by atoms with E-state index in [1.54, 1.807) is 7.05 Å². The summed E-state index contributed by atoms with van der Waals surface area (Å²) in [5, 5.41) is 15.1. The zero-order valence-electron chi connectivity index (χ0n) is 13.9. The van der Waals surface area contributed by atoms with Crippen LogP contribution in [0.25, 0.3) is 5.65 Å². The van der Waals surface area contributed by atoms with Gasteiger partial charge in [0.15, 0.2) is 11.6 Å². The van der Waals surface area contributed by atoms with Crippen LogP contribution in [-0.4, -0.2) is 53.4 Å². The molecule has 0 bridgehead atoms. The molecule has 1 fully saturated rings. The highest BCUT2D eigenvalue weighted by molar-refractivity contribution is 14.0. The van der Waals surface area contributed by atoms with E-state index in [0.717, 1.165) is 62.8 Å². The first-order valence-electron chi connectivity index (χ1n) is 8.21. The van der Waals surface area contributed by atoms with Crippen molar-refractivity contribution in [2.24, 2.45) is 4.99 Å². The molecule has 2 aromatic heterocycles. The van der Waals surface area contributed by atoms with Crippen molar-refractivity contribution in [3.63, 3.8) is 0 Å². The van der Waals surface area contributed by atoms with E-state index in [4.69, 9.17) is 4.74 Å². The SMILES string of the molecule is CN=C(NCCCc1nnc2ccccn12)NCC1CCCO1.I. The molecule has 132 valence electrons. The predicted octanol–water partition coefficient (Wildman–Crippen LogP) is 1.62. The Morgan fingerprint density at radius 3 is 3.08 bits per heavy atom. The van der Waals surface area contributed by atoms with Crippen LogP contribution in [0.1, 0.15) is 25.1 Å². The lowest BCUT2D eigenvalue weighted by atomic mass is 10.2. The molecule has 0 aromatic carbocycles. The fourth-order valence-electron chi connectivity index (χ4n) is 2.75. The van der Waals surface area contributed by atoms with Crippen LogP contribution in [0.5, 0.6) is 0 Å². The molecule has 0 saturated carbocycles. The number of aryl methyl sites for hydroxylation is 1. The third kappa shape index (κ3) is 5.04. The van der Waals surface area contributed by atoms with E-state index in [1.807, 2.05) is 28.8 Å². The van der Waals surface area contributed by atoms with Gasteiger partial charge in [0.25, 0.3) is 0 Å². The van der Waals surface area contributed by atoms with Crippen LogP contribution in [0.15, 0.2) is 29.4 Å². The van der Waals surface area contributed by atoms with E-state index in [0.29, 0.717) is 6.10 Å². The van der Waals surface area contributed by atoms with Gasteiger partial charge in [-0.2, -0.15) is 0 Å². The number of rotatable bonds is 6. The minimum Gasteiger partial charge on any atom is -0.376 e. The summed E-state index contributed by atoms with van der Waals surface area (Å²) in [6.07, 6.45) is 6.45. The van der Waals surface area contributed by atoms with Crippen molar-refractivity contribution in [2.45, 2.75) is 31.8 Å². The zero-order valence-corrected chi connectivity index (χ0v) is 16.3. The summed E-state index contributed by atoms with van der Waals surface area (Å²) in [6, 6.07) is 5.93.